The van der Waals surface area contributed by atoms with Gasteiger partial charge in [0.15, 0.2) is 41.4 Å². The number of nitrogen functional groups attached to an aromatic ring is 3. The fourth-order valence-electron chi connectivity index (χ4n) is 8.60. The van der Waals surface area contributed by atoms with Gasteiger partial charge in [0.1, 0.15) is 54.6 Å². The highest BCUT2D eigenvalue weighted by molar-refractivity contribution is 7.66. The van der Waals surface area contributed by atoms with E-state index >= 15 is 0 Å². The van der Waals surface area contributed by atoms with Crippen molar-refractivity contribution in [2.75, 3.05) is 50.7 Å². The molecule has 0 aliphatic carbocycles. The minimum absolute atomic E-state index is 0.0000138. The zero-order valence-corrected chi connectivity index (χ0v) is 42.2. The van der Waals surface area contributed by atoms with Gasteiger partial charge in [0.25, 0.3) is 17.1 Å². The number of phosphoric acid groups is 4. The van der Waals surface area contributed by atoms with Gasteiger partial charge in [0, 0.05) is 13.0 Å². The van der Waals surface area contributed by atoms with Gasteiger partial charge in [-0.05, 0) is 0 Å². The Labute approximate surface area is 421 Å². The Morgan fingerprint density at radius 3 is 1.96 bits per heavy atom. The van der Waals surface area contributed by atoms with Crippen LogP contribution in [0.1, 0.15) is 18.7 Å². The molecule has 3 saturated heterocycles. The second-order valence-electron chi connectivity index (χ2n) is 16.8. The van der Waals surface area contributed by atoms with E-state index in [0.29, 0.717) is 0 Å². The number of imidazole rings is 3. The molecule has 0 saturated carbocycles. The predicted molar refractivity (Wildman–Crippen MR) is 244 cm³/mol. The van der Waals surface area contributed by atoms with Crippen LogP contribution in [0.15, 0.2) is 34.9 Å². The number of anilines is 3. The molecule has 416 valence electrons. The molecule has 0 radical (unpaired) electrons. The highest BCUT2D eigenvalue weighted by Gasteiger charge is 2.54. The lowest BCUT2D eigenvalue weighted by atomic mass is 9.99. The Morgan fingerprint density at radius 1 is 0.697 bits per heavy atom. The van der Waals surface area contributed by atoms with Crippen LogP contribution in [0.5, 0.6) is 0 Å². The summed E-state index contributed by atoms with van der Waals surface area (Å²) in [4.78, 5) is 96.0. The van der Waals surface area contributed by atoms with Crippen LogP contribution in [0.3, 0.4) is 0 Å². The van der Waals surface area contributed by atoms with E-state index in [2.05, 4.69) is 48.5 Å². The number of phosphoric ester groups is 3. The largest absolute Gasteiger partial charge is 0.490 e. The quantitative estimate of drug-likeness (QED) is 0.0253. The maximum absolute atomic E-state index is 13.7. The van der Waals surface area contributed by atoms with E-state index < -0.39 is 142 Å². The fraction of sp³-hybridized carbons (Fsp3) is 0.545. The molecule has 6 aromatic heterocycles. The van der Waals surface area contributed by atoms with E-state index in [0.717, 1.165) is 30.7 Å². The first-order valence-corrected chi connectivity index (χ1v) is 27.6. The Balaban J connectivity index is 0.866. The van der Waals surface area contributed by atoms with E-state index in [9.17, 15) is 67.8 Å². The number of H-pyrrole nitrogens is 2. The first-order chi connectivity index (χ1) is 35.7. The van der Waals surface area contributed by atoms with Crippen molar-refractivity contribution < 1.29 is 108 Å². The van der Waals surface area contributed by atoms with Crippen LogP contribution in [0.25, 0.3) is 33.5 Å². The third kappa shape index (κ3) is 11.0. The summed E-state index contributed by atoms with van der Waals surface area (Å²) in [7, 11) is -20.9. The lowest BCUT2D eigenvalue weighted by Gasteiger charge is -2.26. The molecule has 76 heavy (non-hydrogen) atoms. The molecule has 4 unspecified atom stereocenters. The van der Waals surface area contributed by atoms with Gasteiger partial charge in [-0.2, -0.15) is 13.6 Å². The van der Waals surface area contributed by atoms with Crippen molar-refractivity contribution in [3.63, 3.8) is 0 Å². The Bertz CT molecular complexity index is 3490. The number of nitrogens with one attached hydrogen (secondary N) is 2. The smallest absolute Gasteiger partial charge is 0.396 e. The van der Waals surface area contributed by atoms with Crippen molar-refractivity contribution in [1.29, 1.82) is 0 Å². The summed E-state index contributed by atoms with van der Waals surface area (Å²) in [6, 6.07) is 0. The fourth-order valence-corrected chi connectivity index (χ4v) is 13.1. The lowest BCUT2D eigenvalue weighted by molar-refractivity contribution is -0.745. The number of hydrogen-bond acceptors (Lipinski definition) is 29. The summed E-state index contributed by atoms with van der Waals surface area (Å²) in [6.07, 6.45) is -13.3. The Morgan fingerprint density at radius 2 is 1.29 bits per heavy atom. The molecule has 16 atom stereocenters. The zero-order valence-electron chi connectivity index (χ0n) is 38.7. The molecule has 3 fully saturated rings. The molecular weight excluding hydrogens is 1110 g/mol. The number of aliphatic hydroxyl groups excluding tert-OH is 4. The molecule has 0 aromatic carbocycles. The van der Waals surface area contributed by atoms with Crippen molar-refractivity contribution in [3.05, 3.63) is 46.0 Å². The number of rotatable bonds is 20. The highest BCUT2D eigenvalue weighted by Crippen LogP contribution is 2.68. The van der Waals surface area contributed by atoms with Crippen molar-refractivity contribution in [1.82, 2.24) is 53.6 Å². The van der Waals surface area contributed by atoms with Crippen LogP contribution in [0.2, 0.25) is 0 Å². The summed E-state index contributed by atoms with van der Waals surface area (Å²) >= 11 is 0. The monoisotopic (exact) mass is 1160 g/mol. The van der Waals surface area contributed by atoms with Crippen molar-refractivity contribution in [2.24, 2.45) is 13.0 Å². The number of aromatic amines is 2. The zero-order chi connectivity index (χ0) is 55.0. The van der Waals surface area contributed by atoms with Gasteiger partial charge in [0.2, 0.25) is 17.7 Å². The minimum Gasteiger partial charge on any atom is -0.396 e. The topological polar surface area (TPSA) is 562 Å². The predicted octanol–water partition coefficient (Wildman–Crippen LogP) is -4.46. The highest BCUT2D eigenvalue weighted by atomic mass is 31.3. The molecule has 16 N–H and O–H groups in total. The van der Waals surface area contributed by atoms with Crippen LogP contribution >= 0.6 is 31.3 Å². The molecule has 43 heteroatoms. The average Bonchev–Trinajstić information content (AvgIpc) is 4.18. The molecule has 0 spiro atoms. The SMILES string of the molecule is CO[C@@H]1[C@H](OP(=O)(O)OC[C@H]2O[C@@H](n3cnc4c(=O)[nH]c(N)nc43)[C@H](O)[C@@H]2O)[C@@H](COP(=O)(O)OP(=O)(O)OP(=O)(O)OC[C@H]2O[C@@H]([n+]3cn(C)c4c(=O)[nH]c(N)nc43)[C@@H](O)[C@H]2CO)O[C@H]1n1cnc2c(N)ncnc21. The number of ether oxygens (including phenoxy) is 4. The summed E-state index contributed by atoms with van der Waals surface area (Å²) in [5.74, 6) is -1.97. The van der Waals surface area contributed by atoms with Gasteiger partial charge in [-0.1, -0.05) is 4.98 Å². The second kappa shape index (κ2) is 20.9. The van der Waals surface area contributed by atoms with E-state index in [1.807, 2.05) is 0 Å². The lowest BCUT2D eigenvalue weighted by Crippen LogP contribution is -2.45. The number of hydrogen-bond donors (Lipinski definition) is 13. The van der Waals surface area contributed by atoms with Gasteiger partial charge in [-0.15, -0.1) is 0 Å². The molecule has 3 aliphatic rings. The van der Waals surface area contributed by atoms with Crippen molar-refractivity contribution in [3.8, 4) is 0 Å². The maximum atomic E-state index is 13.7. The van der Waals surface area contributed by atoms with Gasteiger partial charge in [0.05, 0.1) is 52.2 Å². The van der Waals surface area contributed by atoms with E-state index in [1.54, 1.807) is 0 Å². The molecule has 39 nitrogen and oxygen atoms in total. The number of nitrogens with two attached hydrogens (primary N) is 3. The number of methoxy groups -OCH3 is 1. The normalized spacial score (nSPS) is 30.2. The van der Waals surface area contributed by atoms with E-state index in [4.69, 9.17) is 54.2 Å². The van der Waals surface area contributed by atoms with E-state index in [-0.39, 0.29) is 51.2 Å². The summed E-state index contributed by atoms with van der Waals surface area (Å²) in [6.45, 7) is -4.11. The third-order valence-corrected chi connectivity index (χ3v) is 17.2. The molecule has 9 rings (SSSR count). The Hall–Kier alpha value is -5.15. The van der Waals surface area contributed by atoms with Gasteiger partial charge in [-0.25, -0.2) is 42.8 Å². The summed E-state index contributed by atoms with van der Waals surface area (Å²) < 4.78 is 110. The number of aromatic nitrogens is 12. The van der Waals surface area contributed by atoms with Gasteiger partial charge >= 0.3 is 36.9 Å². The Kier molecular flexibility index (Phi) is 15.3. The number of fused-ring (bicyclic) bond motifs is 3. The molecular formula is C33H46N15O24P4+. The van der Waals surface area contributed by atoms with Crippen LogP contribution in [-0.4, -0.2) is 176 Å². The standard InChI is InChI=1S/C33H45N15O24P4/c1-45-10-48(26-17(45)28(54)44-33(36)42-26)29-18(50)11(3-49)12(67-29)4-65-74(57,58)71-76(61,62)72-75(59,60)66-6-14-21(22(63-2)31(69-14)46-8-39-15-23(34)37-7-38-24(15)46)70-73(55,56)64-5-13-19(51)20(52)30(68-13)47-9-40-16-25(47)41-32(35)43-27(16)53/h7-14,18-22,29-31,49-52H,3-6H2,1-2H3,(H11-,34,35,36,37,38,41,42,43,44,53,54,55,56,57,58,59,60,61,62)/p+1/t11-,12+,13+,14+,18-,19+,20+,21+,22+,29+,30+,31+/m0/s1. The average molecular weight is 1160 g/mol. The van der Waals surface area contributed by atoms with Gasteiger partial charge in [-0.3, -0.25) is 51.4 Å². The molecule has 0 amide bonds. The van der Waals surface area contributed by atoms with Crippen LogP contribution < -0.4 is 32.9 Å². The molecule has 6 aromatic rings. The number of nitrogens with zero attached hydrogens (tertiary/aromatic N) is 10. The number of aryl methyl sites for hydroxylation is 1. The van der Waals surface area contributed by atoms with Crippen molar-refractivity contribution >= 4 is 82.5 Å². The first kappa shape index (κ1) is 55.6. The third-order valence-electron chi connectivity index (χ3n) is 12.0. The summed E-state index contributed by atoms with van der Waals surface area (Å²) in [5, 5.41) is 42.9. The first-order valence-electron chi connectivity index (χ1n) is 21.6. The van der Waals surface area contributed by atoms with E-state index in [1.165, 1.54) is 27.1 Å². The van der Waals surface area contributed by atoms with Crippen molar-refractivity contribution in [2.45, 2.75) is 67.5 Å². The van der Waals surface area contributed by atoms with Crippen LogP contribution in [0, 0.1) is 5.92 Å². The van der Waals surface area contributed by atoms with Crippen LogP contribution in [0.4, 0.5) is 17.7 Å². The molecule has 0 bridgehead atoms. The minimum atomic E-state index is -6.20. The van der Waals surface area contributed by atoms with Gasteiger partial charge < -0.3 is 76.1 Å². The maximum Gasteiger partial charge on any atom is 0.490 e. The molecule has 9 heterocycles. The summed E-state index contributed by atoms with van der Waals surface area (Å²) in [5.41, 5.74) is 15.5. The van der Waals surface area contributed by atoms with Crippen LogP contribution in [-0.2, 0) is 71.0 Å². The second-order valence-corrected chi connectivity index (χ2v) is 22.9. The number of aliphatic hydroxyl groups is 4. The molecule has 3 aliphatic heterocycles.